The van der Waals surface area contributed by atoms with Gasteiger partial charge in [-0.1, -0.05) is 0 Å². The summed E-state index contributed by atoms with van der Waals surface area (Å²) in [4.78, 5) is 33.3. The quantitative estimate of drug-likeness (QED) is 0.609. The van der Waals surface area contributed by atoms with Crippen molar-refractivity contribution in [3.63, 3.8) is 0 Å². The SMILES string of the molecule is NC(=O)c1cnccn1.O=C(Nc1cc(C(F)(F)F)ccc1Br)c1ccncc1. The number of halogens is 4. The third-order valence-corrected chi connectivity index (χ3v) is 3.99. The lowest BCUT2D eigenvalue weighted by atomic mass is 10.2. The summed E-state index contributed by atoms with van der Waals surface area (Å²) >= 11 is 3.10. The van der Waals surface area contributed by atoms with Gasteiger partial charge in [0.05, 0.1) is 17.4 Å². The molecular weight excluding hydrogens is 455 g/mol. The standard InChI is InChI=1S/C13H8BrF3N2O.C5H5N3O/c14-10-2-1-9(13(15,16)17)7-11(10)19-12(20)8-3-5-18-6-4-8;6-5(9)4-3-7-1-2-8-4/h1-7H,(H,19,20);1-3H,(H2,6,9). The first-order valence-corrected chi connectivity index (χ1v) is 8.61. The van der Waals surface area contributed by atoms with E-state index in [0.717, 1.165) is 12.1 Å². The molecule has 0 fully saturated rings. The van der Waals surface area contributed by atoms with E-state index in [4.69, 9.17) is 5.73 Å². The number of anilines is 1. The van der Waals surface area contributed by atoms with E-state index in [0.29, 0.717) is 10.0 Å². The molecule has 0 radical (unpaired) electrons. The minimum atomic E-state index is -4.46. The van der Waals surface area contributed by atoms with Crippen LogP contribution in [0.3, 0.4) is 0 Å². The summed E-state index contributed by atoms with van der Waals surface area (Å²) in [7, 11) is 0. The lowest BCUT2D eigenvalue weighted by Crippen LogP contribution is -2.13. The van der Waals surface area contributed by atoms with Gasteiger partial charge in [-0.25, -0.2) is 4.98 Å². The Kier molecular flexibility index (Phi) is 7.37. The van der Waals surface area contributed by atoms with Gasteiger partial charge < -0.3 is 11.1 Å². The smallest absolute Gasteiger partial charge is 0.364 e. The second kappa shape index (κ2) is 9.73. The fourth-order valence-electron chi connectivity index (χ4n) is 1.92. The van der Waals surface area contributed by atoms with E-state index in [1.165, 1.54) is 49.2 Å². The number of nitrogens with zero attached hydrogens (tertiary/aromatic N) is 3. The van der Waals surface area contributed by atoms with Crippen LogP contribution in [0.5, 0.6) is 0 Å². The Balaban J connectivity index is 0.000000278. The summed E-state index contributed by atoms with van der Waals surface area (Å²) in [5.74, 6) is -1.06. The van der Waals surface area contributed by atoms with Crippen LogP contribution in [-0.4, -0.2) is 26.8 Å². The Bertz CT molecular complexity index is 986. The summed E-state index contributed by atoms with van der Waals surface area (Å²) in [6.07, 6.45) is 2.61. The number of nitrogens with two attached hydrogens (primary N) is 1. The number of amides is 2. The number of hydrogen-bond donors (Lipinski definition) is 2. The number of alkyl halides is 3. The van der Waals surface area contributed by atoms with Gasteiger partial charge in [-0.05, 0) is 46.3 Å². The maximum absolute atomic E-state index is 12.6. The molecule has 0 unspecified atom stereocenters. The molecule has 0 aliphatic rings. The highest BCUT2D eigenvalue weighted by Gasteiger charge is 2.31. The van der Waals surface area contributed by atoms with Gasteiger partial charge in [-0.3, -0.25) is 19.6 Å². The Morgan fingerprint density at radius 1 is 1.00 bits per heavy atom. The molecule has 7 nitrogen and oxygen atoms in total. The van der Waals surface area contributed by atoms with Crippen molar-refractivity contribution in [2.45, 2.75) is 6.18 Å². The molecule has 29 heavy (non-hydrogen) atoms. The number of aromatic nitrogens is 3. The molecule has 150 valence electrons. The molecule has 0 saturated heterocycles. The number of rotatable bonds is 3. The molecule has 3 aromatic rings. The van der Waals surface area contributed by atoms with Crippen molar-refractivity contribution < 1.29 is 22.8 Å². The fraction of sp³-hybridized carbons (Fsp3) is 0.0556. The highest BCUT2D eigenvalue weighted by atomic mass is 79.9. The van der Waals surface area contributed by atoms with Gasteiger partial charge in [0, 0.05) is 34.8 Å². The van der Waals surface area contributed by atoms with E-state index in [2.05, 4.69) is 36.2 Å². The predicted octanol–water partition coefficient (Wildman–Crippen LogP) is 3.69. The van der Waals surface area contributed by atoms with Crippen LogP contribution in [0, 0.1) is 0 Å². The fourth-order valence-corrected chi connectivity index (χ4v) is 2.27. The van der Waals surface area contributed by atoms with Crippen LogP contribution in [0.25, 0.3) is 0 Å². The van der Waals surface area contributed by atoms with Crippen LogP contribution >= 0.6 is 15.9 Å². The van der Waals surface area contributed by atoms with Crippen molar-refractivity contribution >= 4 is 33.4 Å². The summed E-state index contributed by atoms with van der Waals surface area (Å²) in [5, 5.41) is 2.43. The zero-order valence-electron chi connectivity index (χ0n) is 14.5. The average molecular weight is 468 g/mol. The van der Waals surface area contributed by atoms with Crippen molar-refractivity contribution in [3.8, 4) is 0 Å². The van der Waals surface area contributed by atoms with Crippen LogP contribution in [0.15, 0.2) is 65.8 Å². The van der Waals surface area contributed by atoms with Crippen molar-refractivity contribution in [2.24, 2.45) is 5.73 Å². The van der Waals surface area contributed by atoms with Gasteiger partial charge >= 0.3 is 6.18 Å². The summed E-state index contributed by atoms with van der Waals surface area (Å²) in [5.41, 5.74) is 4.60. The molecular formula is C18H13BrF3N5O2. The van der Waals surface area contributed by atoms with Gasteiger partial charge in [-0.2, -0.15) is 13.2 Å². The monoisotopic (exact) mass is 467 g/mol. The van der Waals surface area contributed by atoms with Crippen LogP contribution in [0.1, 0.15) is 26.4 Å². The van der Waals surface area contributed by atoms with Crippen molar-refractivity contribution in [3.05, 3.63) is 82.6 Å². The van der Waals surface area contributed by atoms with Crippen LogP contribution in [-0.2, 0) is 6.18 Å². The zero-order chi connectivity index (χ0) is 21.4. The van der Waals surface area contributed by atoms with Crippen LogP contribution in [0.4, 0.5) is 18.9 Å². The summed E-state index contributed by atoms with van der Waals surface area (Å²) in [6, 6.07) is 5.99. The molecule has 11 heteroatoms. The third kappa shape index (κ3) is 6.64. The molecule has 0 aliphatic heterocycles. The molecule has 0 saturated carbocycles. The average Bonchev–Trinajstić information content (AvgIpc) is 2.70. The number of carbonyl (C=O) groups is 2. The molecule has 0 atom stereocenters. The summed E-state index contributed by atoms with van der Waals surface area (Å²) in [6.45, 7) is 0. The lowest BCUT2D eigenvalue weighted by Gasteiger charge is -2.11. The van der Waals surface area contributed by atoms with Crippen LogP contribution < -0.4 is 11.1 Å². The first kappa shape index (κ1) is 22.0. The Morgan fingerprint density at radius 3 is 2.21 bits per heavy atom. The minimum Gasteiger partial charge on any atom is -0.364 e. The Hall–Kier alpha value is -3.34. The first-order valence-electron chi connectivity index (χ1n) is 7.82. The third-order valence-electron chi connectivity index (χ3n) is 3.30. The summed E-state index contributed by atoms with van der Waals surface area (Å²) < 4.78 is 38.2. The normalized spacial score (nSPS) is 10.5. The number of nitrogens with one attached hydrogen (secondary N) is 1. The Morgan fingerprint density at radius 2 is 1.69 bits per heavy atom. The highest BCUT2D eigenvalue weighted by Crippen LogP contribution is 2.34. The van der Waals surface area contributed by atoms with Gasteiger partial charge in [0.2, 0.25) is 0 Å². The maximum atomic E-state index is 12.6. The molecule has 2 aromatic heterocycles. The number of pyridine rings is 1. The lowest BCUT2D eigenvalue weighted by molar-refractivity contribution is -0.137. The van der Waals surface area contributed by atoms with Gasteiger partial charge in [0.1, 0.15) is 5.69 Å². The van der Waals surface area contributed by atoms with E-state index in [1.807, 2.05) is 0 Å². The molecule has 2 heterocycles. The van der Waals surface area contributed by atoms with E-state index < -0.39 is 23.6 Å². The molecule has 2 amide bonds. The predicted molar refractivity (Wildman–Crippen MR) is 102 cm³/mol. The van der Waals surface area contributed by atoms with E-state index in [1.54, 1.807) is 0 Å². The molecule has 1 aromatic carbocycles. The maximum Gasteiger partial charge on any atom is 0.416 e. The first-order chi connectivity index (χ1) is 13.7. The Labute approximate surface area is 171 Å². The second-order valence-electron chi connectivity index (χ2n) is 5.34. The van der Waals surface area contributed by atoms with Crippen molar-refractivity contribution in [2.75, 3.05) is 5.32 Å². The molecule has 3 N–H and O–H groups in total. The highest BCUT2D eigenvalue weighted by molar-refractivity contribution is 9.10. The minimum absolute atomic E-state index is 0.0571. The molecule has 0 aliphatic carbocycles. The second-order valence-corrected chi connectivity index (χ2v) is 6.19. The van der Waals surface area contributed by atoms with E-state index in [-0.39, 0.29) is 11.4 Å². The zero-order valence-corrected chi connectivity index (χ0v) is 16.1. The molecule has 0 bridgehead atoms. The van der Waals surface area contributed by atoms with Crippen LogP contribution in [0.2, 0.25) is 0 Å². The number of carbonyl (C=O) groups excluding carboxylic acids is 2. The van der Waals surface area contributed by atoms with Gasteiger partial charge in [0.25, 0.3) is 11.8 Å². The van der Waals surface area contributed by atoms with Gasteiger partial charge in [-0.15, -0.1) is 0 Å². The molecule has 3 rings (SSSR count). The number of primary amides is 1. The van der Waals surface area contributed by atoms with Crippen molar-refractivity contribution in [1.82, 2.24) is 15.0 Å². The number of hydrogen-bond acceptors (Lipinski definition) is 5. The molecule has 0 spiro atoms. The van der Waals surface area contributed by atoms with E-state index >= 15 is 0 Å². The van der Waals surface area contributed by atoms with E-state index in [9.17, 15) is 22.8 Å². The number of benzene rings is 1. The largest absolute Gasteiger partial charge is 0.416 e. The van der Waals surface area contributed by atoms with Gasteiger partial charge in [0.15, 0.2) is 0 Å². The van der Waals surface area contributed by atoms with Crippen molar-refractivity contribution in [1.29, 1.82) is 0 Å². The topological polar surface area (TPSA) is 111 Å².